The molecule has 0 unspecified atom stereocenters. The number of nitrogens with one attached hydrogen (secondary N) is 4. The van der Waals surface area contributed by atoms with Crippen LogP contribution in [0.5, 0.6) is 0 Å². The maximum absolute atomic E-state index is 11.6. The number of benzene rings is 1. The zero-order chi connectivity index (χ0) is 26.9. The number of amides is 4. The van der Waals surface area contributed by atoms with Gasteiger partial charge in [-0.2, -0.15) is 0 Å². The smallest absolute Gasteiger partial charge is 0.407 e. The molecule has 0 aliphatic carbocycles. The first kappa shape index (κ1) is 27.7. The van der Waals surface area contributed by atoms with Crippen LogP contribution in [0.15, 0.2) is 24.3 Å². The molecule has 1 aromatic heterocycles. The van der Waals surface area contributed by atoms with Gasteiger partial charge in [-0.05, 0) is 30.5 Å². The molecular formula is C23H31N7O6S. The largest absolute Gasteiger partial charge is 0.465 e. The lowest BCUT2D eigenvalue weighted by molar-refractivity contribution is -0.130. The van der Waals surface area contributed by atoms with E-state index in [0.29, 0.717) is 43.3 Å². The summed E-state index contributed by atoms with van der Waals surface area (Å²) in [6, 6.07) is 7.19. The van der Waals surface area contributed by atoms with Crippen LogP contribution in [0.25, 0.3) is 0 Å². The first-order valence-corrected chi connectivity index (χ1v) is 12.5. The van der Waals surface area contributed by atoms with E-state index < -0.39 is 18.5 Å². The molecule has 0 radical (unpaired) electrons. The number of carbonyl (C=O) groups excluding carboxylic acids is 2. The second-order valence-corrected chi connectivity index (χ2v) is 9.61. The summed E-state index contributed by atoms with van der Waals surface area (Å²) in [5.74, 6) is -0.0998. The van der Waals surface area contributed by atoms with Crippen molar-refractivity contribution in [1.29, 1.82) is 0 Å². The van der Waals surface area contributed by atoms with Crippen molar-refractivity contribution in [2.24, 2.45) is 0 Å². The van der Waals surface area contributed by atoms with E-state index in [1.54, 1.807) is 19.1 Å². The maximum Gasteiger partial charge on any atom is 0.407 e. The van der Waals surface area contributed by atoms with Crippen molar-refractivity contribution in [2.45, 2.75) is 39.5 Å². The Balaban J connectivity index is 1.63. The lowest BCUT2D eigenvalue weighted by Crippen LogP contribution is -2.52. The zero-order valence-electron chi connectivity index (χ0n) is 20.6. The standard InChI is InChI=1S/C23H31N7O6S/c1-14(31)24-21-26-18(19(37-21)13-29-9-11-30(12-10-29)15(2)32)8-5-16-3-6-17(7-4-16)25-20(27-22(33)34)28-23(35)36/h3-4,6-7,20,25,27-28H,5,8-13H2,1-2H3,(H,33,34)(H,35,36)(H,24,26,31). The fourth-order valence-corrected chi connectivity index (χ4v) is 4.98. The molecule has 1 fully saturated rings. The number of hydrogen-bond donors (Lipinski definition) is 6. The highest BCUT2D eigenvalue weighted by atomic mass is 32.1. The fourth-order valence-electron chi connectivity index (χ4n) is 3.88. The van der Waals surface area contributed by atoms with E-state index in [1.807, 2.05) is 27.7 Å². The van der Waals surface area contributed by atoms with Gasteiger partial charge in [-0.25, -0.2) is 14.6 Å². The third-order valence-electron chi connectivity index (χ3n) is 5.70. The molecular weight excluding hydrogens is 502 g/mol. The first-order valence-electron chi connectivity index (χ1n) is 11.7. The highest BCUT2D eigenvalue weighted by molar-refractivity contribution is 7.15. The molecule has 1 saturated heterocycles. The SMILES string of the molecule is CC(=O)Nc1nc(CCc2ccc(NC(NC(=O)O)NC(=O)O)cc2)c(CN2CCN(C(C)=O)CC2)s1. The average molecular weight is 534 g/mol. The van der Waals surface area contributed by atoms with Gasteiger partial charge in [0.05, 0.1) is 5.69 Å². The summed E-state index contributed by atoms with van der Waals surface area (Å²) in [7, 11) is 0. The van der Waals surface area contributed by atoms with E-state index >= 15 is 0 Å². The van der Waals surface area contributed by atoms with Crippen LogP contribution in [0.2, 0.25) is 0 Å². The fraction of sp³-hybridized carbons (Fsp3) is 0.435. The molecule has 2 aromatic rings. The van der Waals surface area contributed by atoms with Gasteiger partial charge in [0.15, 0.2) is 11.4 Å². The highest BCUT2D eigenvalue weighted by Gasteiger charge is 2.21. The summed E-state index contributed by atoms with van der Waals surface area (Å²) >= 11 is 1.46. The van der Waals surface area contributed by atoms with Gasteiger partial charge < -0.3 is 25.7 Å². The van der Waals surface area contributed by atoms with Gasteiger partial charge in [0.1, 0.15) is 0 Å². The van der Waals surface area contributed by atoms with Gasteiger partial charge in [-0.1, -0.05) is 12.1 Å². The molecule has 4 amide bonds. The molecule has 1 aliphatic heterocycles. The Labute approximate surface area is 217 Å². The van der Waals surface area contributed by atoms with Crippen LogP contribution in [0.4, 0.5) is 20.4 Å². The molecule has 37 heavy (non-hydrogen) atoms. The number of nitrogens with zero attached hydrogens (tertiary/aromatic N) is 3. The summed E-state index contributed by atoms with van der Waals surface area (Å²) in [5.41, 5.74) is 2.44. The lowest BCUT2D eigenvalue weighted by atomic mass is 10.1. The minimum Gasteiger partial charge on any atom is -0.465 e. The Kier molecular flexibility index (Phi) is 9.63. The highest BCUT2D eigenvalue weighted by Crippen LogP contribution is 2.26. The molecule has 13 nitrogen and oxygen atoms in total. The van der Waals surface area contributed by atoms with Gasteiger partial charge >= 0.3 is 12.2 Å². The van der Waals surface area contributed by atoms with Gasteiger partial charge in [-0.3, -0.25) is 25.1 Å². The molecule has 0 saturated carbocycles. The molecule has 6 N–H and O–H groups in total. The maximum atomic E-state index is 11.6. The summed E-state index contributed by atoms with van der Waals surface area (Å²) in [4.78, 5) is 54.7. The molecule has 0 spiro atoms. The number of carboxylic acid groups (broad SMARTS) is 2. The summed E-state index contributed by atoms with van der Waals surface area (Å²) in [6.45, 7) is 6.64. The van der Waals surface area contributed by atoms with Crippen LogP contribution in [0, 0.1) is 0 Å². The first-order chi connectivity index (χ1) is 17.6. The van der Waals surface area contributed by atoms with Crippen LogP contribution in [-0.4, -0.2) is 81.5 Å². The Morgan fingerprint density at radius 3 is 2.14 bits per heavy atom. The minimum atomic E-state index is -1.37. The van der Waals surface area contributed by atoms with Crippen LogP contribution < -0.4 is 21.3 Å². The van der Waals surface area contributed by atoms with Gasteiger partial charge in [0.2, 0.25) is 11.8 Å². The summed E-state index contributed by atoms with van der Waals surface area (Å²) in [5, 5.41) is 27.9. The Morgan fingerprint density at radius 2 is 1.59 bits per heavy atom. The number of carbonyl (C=O) groups is 4. The number of piperazine rings is 1. The molecule has 0 atom stereocenters. The quantitative estimate of drug-likeness (QED) is 0.249. The Hall–Kier alpha value is -3.91. The van der Waals surface area contributed by atoms with E-state index in [0.717, 1.165) is 29.2 Å². The molecule has 0 bridgehead atoms. The number of aromatic nitrogens is 1. The van der Waals surface area contributed by atoms with Gasteiger partial charge in [-0.15, -0.1) is 11.3 Å². The average Bonchev–Trinajstić information content (AvgIpc) is 3.18. The third-order valence-corrected chi connectivity index (χ3v) is 6.69. The van der Waals surface area contributed by atoms with Crippen LogP contribution in [0.3, 0.4) is 0 Å². The van der Waals surface area contributed by atoms with Crippen molar-refractivity contribution >= 4 is 46.2 Å². The number of aryl methyl sites for hydroxylation is 2. The van der Waals surface area contributed by atoms with Crippen LogP contribution in [0.1, 0.15) is 30.0 Å². The monoisotopic (exact) mass is 533 g/mol. The van der Waals surface area contributed by atoms with Crippen molar-refractivity contribution in [3.63, 3.8) is 0 Å². The molecule has 3 rings (SSSR count). The molecule has 2 heterocycles. The topological polar surface area (TPSA) is 176 Å². The molecule has 1 aromatic carbocycles. The predicted molar refractivity (Wildman–Crippen MR) is 138 cm³/mol. The number of rotatable bonds is 10. The number of thiazole rings is 1. The van der Waals surface area contributed by atoms with Gasteiger partial charge in [0.25, 0.3) is 0 Å². The minimum absolute atomic E-state index is 0.0825. The van der Waals surface area contributed by atoms with Crippen molar-refractivity contribution < 1.29 is 29.4 Å². The Bertz CT molecular complexity index is 1100. The Morgan fingerprint density at radius 1 is 0.973 bits per heavy atom. The van der Waals surface area contributed by atoms with E-state index in [1.165, 1.54) is 18.3 Å². The van der Waals surface area contributed by atoms with Crippen molar-refractivity contribution in [2.75, 3.05) is 36.8 Å². The van der Waals surface area contributed by atoms with Gasteiger partial charge in [0, 0.05) is 57.1 Å². The number of hydrogen-bond acceptors (Lipinski definition) is 8. The molecule has 1 aliphatic rings. The molecule has 14 heteroatoms. The summed E-state index contributed by atoms with van der Waals surface area (Å²) in [6.07, 6.45) is -2.63. The van der Waals surface area contributed by atoms with E-state index in [-0.39, 0.29) is 11.8 Å². The van der Waals surface area contributed by atoms with Crippen molar-refractivity contribution in [1.82, 2.24) is 25.4 Å². The van der Waals surface area contributed by atoms with E-state index in [2.05, 4.69) is 20.5 Å². The summed E-state index contributed by atoms with van der Waals surface area (Å²) < 4.78 is 0. The van der Waals surface area contributed by atoms with Crippen LogP contribution >= 0.6 is 11.3 Å². The van der Waals surface area contributed by atoms with Crippen molar-refractivity contribution in [3.05, 3.63) is 40.4 Å². The normalized spacial score (nSPS) is 13.8. The van der Waals surface area contributed by atoms with Crippen LogP contribution in [-0.2, 0) is 29.0 Å². The number of anilines is 2. The third kappa shape index (κ3) is 8.91. The lowest BCUT2D eigenvalue weighted by Gasteiger charge is -2.34. The van der Waals surface area contributed by atoms with E-state index in [4.69, 9.17) is 10.2 Å². The molecule has 200 valence electrons. The predicted octanol–water partition coefficient (Wildman–Crippen LogP) is 1.78. The second kappa shape index (κ2) is 12.9. The van der Waals surface area contributed by atoms with E-state index in [9.17, 15) is 19.2 Å². The van der Waals surface area contributed by atoms with Crippen molar-refractivity contribution in [3.8, 4) is 0 Å². The zero-order valence-corrected chi connectivity index (χ0v) is 21.4. The second-order valence-electron chi connectivity index (χ2n) is 8.53.